The number of allylic oxidation sites excluding steroid dienone is 2. The maximum atomic E-state index is 12.5. The van der Waals surface area contributed by atoms with E-state index in [1.54, 1.807) is 13.8 Å². The summed E-state index contributed by atoms with van der Waals surface area (Å²) in [4.78, 5) is 10.5. The summed E-state index contributed by atoms with van der Waals surface area (Å²) >= 11 is 5.10. The molecule has 0 N–H and O–H groups in total. The number of halogens is 2. The molecule has 10 heavy (non-hydrogen) atoms. The molecule has 0 amide bonds. The van der Waals surface area contributed by atoms with E-state index in [2.05, 4.69) is 0 Å². The molecule has 0 saturated heterocycles. The van der Waals surface area contributed by atoms with Crippen molar-refractivity contribution in [3.8, 4) is 0 Å². The summed E-state index contributed by atoms with van der Waals surface area (Å²) < 4.78 is 12.5. The normalized spacial score (nSPS) is 12.3. The Balaban J connectivity index is 4.05. The van der Waals surface area contributed by atoms with Crippen LogP contribution in [0, 0.1) is 5.92 Å². The van der Waals surface area contributed by atoms with Crippen LogP contribution in [0.4, 0.5) is 4.39 Å². The molecule has 1 nitrogen and oxygen atoms in total. The largest absolute Gasteiger partial charge is 0.290 e. The van der Waals surface area contributed by atoms with Gasteiger partial charge in [-0.05, 0) is 12.0 Å². The maximum absolute atomic E-state index is 12.5. The molecule has 0 fully saturated rings. The van der Waals surface area contributed by atoms with Crippen LogP contribution in [0.1, 0.15) is 13.8 Å². The summed E-state index contributed by atoms with van der Waals surface area (Å²) in [5, 5.41) is 0. The molecule has 0 unspecified atom stereocenters. The van der Waals surface area contributed by atoms with Gasteiger partial charge in [-0.2, -0.15) is 0 Å². The zero-order valence-corrected chi connectivity index (χ0v) is 6.78. The van der Waals surface area contributed by atoms with Crippen molar-refractivity contribution in [3.05, 3.63) is 11.9 Å². The summed E-state index contributed by atoms with van der Waals surface area (Å²) in [7, 11) is 0. The molecular weight excluding hydrogens is 155 g/mol. The molecule has 0 aliphatic rings. The van der Waals surface area contributed by atoms with Crippen molar-refractivity contribution >= 4 is 17.4 Å². The maximum Gasteiger partial charge on any atom is 0.205 e. The van der Waals surface area contributed by atoms with Crippen LogP contribution in [0.3, 0.4) is 0 Å². The van der Waals surface area contributed by atoms with Crippen LogP contribution < -0.4 is 0 Å². The van der Waals surface area contributed by atoms with Gasteiger partial charge in [0.15, 0.2) is 5.83 Å². The number of hydrogen-bond acceptors (Lipinski definition) is 1. The van der Waals surface area contributed by atoms with Crippen LogP contribution >= 0.6 is 11.6 Å². The zero-order chi connectivity index (χ0) is 8.15. The van der Waals surface area contributed by atoms with Crippen molar-refractivity contribution in [1.29, 1.82) is 0 Å². The Kier molecular flexibility index (Phi) is 4.28. The molecule has 0 aromatic carbocycles. The van der Waals surface area contributed by atoms with Gasteiger partial charge < -0.3 is 0 Å². The highest BCUT2D eigenvalue weighted by atomic mass is 35.5. The Morgan fingerprint density at radius 2 is 2.20 bits per heavy atom. The molecular formula is C7H10ClFO. The van der Waals surface area contributed by atoms with Gasteiger partial charge >= 0.3 is 0 Å². The monoisotopic (exact) mass is 164 g/mol. The van der Waals surface area contributed by atoms with E-state index in [1.807, 2.05) is 0 Å². The lowest BCUT2D eigenvalue weighted by Crippen LogP contribution is -2.00. The van der Waals surface area contributed by atoms with Crippen LogP contribution in [0.15, 0.2) is 11.9 Å². The molecule has 0 bridgehead atoms. The van der Waals surface area contributed by atoms with Crippen molar-refractivity contribution in [1.82, 2.24) is 0 Å². The van der Waals surface area contributed by atoms with Gasteiger partial charge in [-0.3, -0.25) is 4.79 Å². The van der Waals surface area contributed by atoms with Gasteiger partial charge in [-0.15, -0.1) is 11.6 Å². The van der Waals surface area contributed by atoms with Gasteiger partial charge in [-0.1, -0.05) is 13.8 Å². The molecule has 58 valence electrons. The molecule has 0 heterocycles. The predicted molar refractivity (Wildman–Crippen MR) is 39.8 cm³/mol. The molecule has 0 aliphatic heterocycles. The number of carbonyl (C=O) groups excluding carboxylic acids is 1. The topological polar surface area (TPSA) is 17.1 Å². The van der Waals surface area contributed by atoms with Gasteiger partial charge in [0.25, 0.3) is 0 Å². The van der Waals surface area contributed by atoms with Crippen LogP contribution in [-0.4, -0.2) is 11.7 Å². The van der Waals surface area contributed by atoms with Crippen LogP contribution in [0.25, 0.3) is 0 Å². The van der Waals surface area contributed by atoms with E-state index in [9.17, 15) is 9.18 Å². The van der Waals surface area contributed by atoms with Crippen molar-refractivity contribution in [2.24, 2.45) is 5.92 Å². The summed E-state index contributed by atoms with van der Waals surface area (Å²) in [5.74, 6) is -1.61. The quantitative estimate of drug-likeness (QED) is 0.462. The van der Waals surface area contributed by atoms with Gasteiger partial charge in [-0.25, -0.2) is 4.39 Å². The van der Waals surface area contributed by atoms with Gasteiger partial charge in [0.05, 0.1) is 5.88 Å². The number of ketones is 1. The van der Waals surface area contributed by atoms with E-state index in [0.717, 1.165) is 0 Å². The first kappa shape index (κ1) is 9.63. The summed E-state index contributed by atoms with van der Waals surface area (Å²) in [5.41, 5.74) is 0. The average molecular weight is 165 g/mol. The summed E-state index contributed by atoms with van der Waals surface area (Å²) in [6.07, 6.45) is 1.25. The Hall–Kier alpha value is -0.370. The van der Waals surface area contributed by atoms with Crippen LogP contribution in [-0.2, 0) is 4.79 Å². The summed E-state index contributed by atoms with van der Waals surface area (Å²) in [6.45, 7) is 3.59. The van der Waals surface area contributed by atoms with Crippen molar-refractivity contribution in [2.75, 3.05) is 5.88 Å². The SMILES string of the molecule is CC(C)/C=C(\F)C(=O)CCl. The van der Waals surface area contributed by atoms with E-state index in [-0.39, 0.29) is 11.8 Å². The lowest BCUT2D eigenvalue weighted by atomic mass is 10.2. The Bertz CT molecular complexity index is 152. The number of carbonyl (C=O) groups is 1. The predicted octanol–water partition coefficient (Wildman–Crippen LogP) is 2.30. The zero-order valence-electron chi connectivity index (χ0n) is 6.03. The first-order valence-corrected chi connectivity index (χ1v) is 3.58. The Morgan fingerprint density at radius 3 is 2.50 bits per heavy atom. The first-order chi connectivity index (χ1) is 4.57. The highest BCUT2D eigenvalue weighted by Crippen LogP contribution is 2.05. The lowest BCUT2D eigenvalue weighted by molar-refractivity contribution is -0.114. The number of alkyl halides is 1. The third-order valence-electron chi connectivity index (χ3n) is 0.867. The minimum absolute atomic E-state index is 0.0483. The minimum Gasteiger partial charge on any atom is -0.290 e. The Morgan fingerprint density at radius 1 is 1.70 bits per heavy atom. The molecule has 3 heteroatoms. The smallest absolute Gasteiger partial charge is 0.205 e. The van der Waals surface area contributed by atoms with E-state index >= 15 is 0 Å². The van der Waals surface area contributed by atoms with Crippen LogP contribution in [0.2, 0.25) is 0 Å². The second-order valence-electron chi connectivity index (χ2n) is 2.32. The number of Topliss-reactive ketones (excluding diaryl/α,β-unsaturated/α-hetero) is 1. The van der Waals surface area contributed by atoms with Crippen molar-refractivity contribution < 1.29 is 9.18 Å². The molecule has 0 aromatic heterocycles. The fraction of sp³-hybridized carbons (Fsp3) is 0.571. The molecule has 0 saturated carbocycles. The van der Waals surface area contributed by atoms with Crippen molar-refractivity contribution in [3.63, 3.8) is 0 Å². The fourth-order valence-corrected chi connectivity index (χ4v) is 0.577. The molecule has 0 rings (SSSR count). The molecule has 0 aliphatic carbocycles. The molecule has 0 spiro atoms. The number of rotatable bonds is 3. The molecule has 0 atom stereocenters. The number of hydrogen-bond donors (Lipinski definition) is 0. The highest BCUT2D eigenvalue weighted by Gasteiger charge is 2.06. The summed E-state index contributed by atoms with van der Waals surface area (Å²) in [6, 6.07) is 0. The van der Waals surface area contributed by atoms with Crippen LogP contribution in [0.5, 0.6) is 0 Å². The lowest BCUT2D eigenvalue weighted by Gasteiger charge is -1.94. The van der Waals surface area contributed by atoms with E-state index < -0.39 is 11.6 Å². The second-order valence-corrected chi connectivity index (χ2v) is 2.58. The first-order valence-electron chi connectivity index (χ1n) is 3.04. The second kappa shape index (κ2) is 4.45. The standard InChI is InChI=1S/C7H10ClFO/c1-5(2)3-6(9)7(10)4-8/h3,5H,4H2,1-2H3/b6-3-. The van der Waals surface area contributed by atoms with E-state index in [1.165, 1.54) is 6.08 Å². The minimum atomic E-state index is -0.731. The molecule has 0 aromatic rings. The third kappa shape index (κ3) is 3.62. The highest BCUT2D eigenvalue weighted by molar-refractivity contribution is 6.30. The van der Waals surface area contributed by atoms with Gasteiger partial charge in [0.1, 0.15) is 0 Å². The average Bonchev–Trinajstić information content (AvgIpc) is 1.85. The van der Waals surface area contributed by atoms with Crippen molar-refractivity contribution in [2.45, 2.75) is 13.8 Å². The third-order valence-corrected chi connectivity index (χ3v) is 1.11. The molecule has 0 radical (unpaired) electrons. The van der Waals surface area contributed by atoms with E-state index in [4.69, 9.17) is 11.6 Å². The van der Waals surface area contributed by atoms with Gasteiger partial charge in [0, 0.05) is 0 Å². The fourth-order valence-electron chi connectivity index (χ4n) is 0.449. The Labute approximate surface area is 64.9 Å². The van der Waals surface area contributed by atoms with E-state index in [0.29, 0.717) is 0 Å². The van der Waals surface area contributed by atoms with Gasteiger partial charge in [0.2, 0.25) is 5.78 Å².